The fraction of sp³-hybridized carbons (Fsp3) is 0.538. The molecule has 0 aliphatic heterocycles. The summed E-state index contributed by atoms with van der Waals surface area (Å²) in [4.78, 5) is 21.7. The Bertz CT molecular complexity index is 1150. The van der Waals surface area contributed by atoms with Crippen molar-refractivity contribution >= 4 is 18.0 Å². The average molecular weight is 665 g/mol. The smallest absolute Gasteiger partial charge is 0.416 e. The minimum atomic E-state index is -4.42. The van der Waals surface area contributed by atoms with Gasteiger partial charge in [0.25, 0.3) is 5.91 Å². The van der Waals surface area contributed by atoms with Gasteiger partial charge in [0.05, 0.1) is 17.9 Å². The van der Waals surface area contributed by atoms with Gasteiger partial charge in [-0.05, 0) is 96.4 Å². The molecular weight excluding hydrogens is 601 g/mol. The summed E-state index contributed by atoms with van der Waals surface area (Å²) in [5.74, 6) is 2.41. The Morgan fingerprint density at radius 2 is 1.60 bits per heavy atom. The molecule has 0 heterocycles. The Kier molecular flexibility index (Phi) is 31.6. The van der Waals surface area contributed by atoms with Crippen molar-refractivity contribution in [3.05, 3.63) is 70.9 Å². The largest absolute Gasteiger partial charge is 0.492 e. The predicted octanol–water partition coefficient (Wildman–Crippen LogP) is 11.2. The molecule has 0 unspecified atom stereocenters. The van der Waals surface area contributed by atoms with Gasteiger partial charge in [0.1, 0.15) is 5.75 Å². The summed E-state index contributed by atoms with van der Waals surface area (Å²) in [5.41, 5.74) is 3.90. The number of nitrogens with one attached hydrogen (secondary N) is 2. The van der Waals surface area contributed by atoms with E-state index in [0.29, 0.717) is 42.7 Å². The van der Waals surface area contributed by atoms with Crippen LogP contribution < -0.4 is 15.4 Å². The topological polar surface area (TPSA) is 67.4 Å². The number of rotatable bonds is 12. The van der Waals surface area contributed by atoms with Crippen LogP contribution in [0.3, 0.4) is 0 Å². The van der Waals surface area contributed by atoms with Crippen LogP contribution >= 0.6 is 0 Å². The third-order valence-electron chi connectivity index (χ3n) is 5.69. The van der Waals surface area contributed by atoms with Crippen molar-refractivity contribution in [2.24, 2.45) is 5.41 Å². The summed E-state index contributed by atoms with van der Waals surface area (Å²) in [7, 11) is 0. The molecule has 1 aromatic rings. The van der Waals surface area contributed by atoms with E-state index in [1.165, 1.54) is 30.6 Å². The normalized spacial score (nSPS) is 11.0. The standard InChI is InChI=1S/C22H28F3NO2.C9H18.C3H7NO.C3H4.C2H6/c1-6-8-11-18(22(23,24)25)12-9-10-15(3)21(27)26-19-13-16(4)17(5)14-20(19)28-7-2;1-8(2)6-7-9(3,4)5;1-2-4-3-5;1-3-2;1-2/h9-14H,6-8H2,1-5H3,(H,26,27);1,6-7H2,2-5H3;3H,2H2,1H3,(H,4,5);1H,2H3;1-2H3/b12-9-,15-10+,18-11-;;;;. The van der Waals surface area contributed by atoms with Crippen LogP contribution in [-0.2, 0) is 9.59 Å². The van der Waals surface area contributed by atoms with E-state index < -0.39 is 17.7 Å². The molecule has 0 fully saturated rings. The van der Waals surface area contributed by atoms with E-state index in [1.54, 1.807) is 13.8 Å². The number of anilines is 1. The molecule has 0 atom stereocenters. The van der Waals surface area contributed by atoms with Gasteiger partial charge in [-0.25, -0.2) is 0 Å². The van der Waals surface area contributed by atoms with E-state index in [2.05, 4.69) is 57.3 Å². The second-order valence-corrected chi connectivity index (χ2v) is 11.5. The summed E-state index contributed by atoms with van der Waals surface area (Å²) in [5, 5.41) is 5.19. The molecule has 0 spiro atoms. The third kappa shape index (κ3) is 30.7. The zero-order valence-corrected chi connectivity index (χ0v) is 31.4. The molecule has 0 aliphatic rings. The molecule has 1 rings (SSSR count). The number of aryl methyl sites for hydroxylation is 2. The number of alkyl halides is 3. The molecule has 0 bridgehead atoms. The van der Waals surface area contributed by atoms with Gasteiger partial charge in [0.15, 0.2) is 0 Å². The molecule has 0 aliphatic carbocycles. The van der Waals surface area contributed by atoms with Gasteiger partial charge in [-0.1, -0.05) is 77.8 Å². The first-order valence-electron chi connectivity index (χ1n) is 16.2. The molecule has 1 aromatic carbocycles. The lowest BCUT2D eigenvalue weighted by molar-refractivity contribution is -0.113. The highest BCUT2D eigenvalue weighted by Crippen LogP contribution is 2.29. The summed E-state index contributed by atoms with van der Waals surface area (Å²) in [6, 6.07) is 3.66. The van der Waals surface area contributed by atoms with E-state index >= 15 is 0 Å². The Morgan fingerprint density at radius 3 is 1.96 bits per heavy atom. The number of carbonyl (C=O) groups is 2. The first-order chi connectivity index (χ1) is 21.8. The van der Waals surface area contributed by atoms with Crippen molar-refractivity contribution in [1.29, 1.82) is 0 Å². The van der Waals surface area contributed by atoms with Gasteiger partial charge >= 0.3 is 6.18 Å². The van der Waals surface area contributed by atoms with Gasteiger partial charge in [0.2, 0.25) is 6.41 Å². The van der Waals surface area contributed by atoms with E-state index in [0.717, 1.165) is 29.8 Å². The molecule has 2 N–H and O–H groups in total. The molecule has 0 saturated heterocycles. The van der Waals surface area contributed by atoms with Crippen molar-refractivity contribution in [1.82, 2.24) is 5.32 Å². The number of carbonyl (C=O) groups excluding carboxylic acids is 2. The maximum atomic E-state index is 13.0. The van der Waals surface area contributed by atoms with Gasteiger partial charge in [0, 0.05) is 12.1 Å². The maximum absolute atomic E-state index is 13.0. The van der Waals surface area contributed by atoms with Crippen LogP contribution in [0, 0.1) is 31.6 Å². The van der Waals surface area contributed by atoms with E-state index in [1.807, 2.05) is 60.6 Å². The third-order valence-corrected chi connectivity index (χ3v) is 5.69. The molecule has 0 saturated carbocycles. The van der Waals surface area contributed by atoms with Crippen LogP contribution in [0.2, 0.25) is 0 Å². The first kappa shape index (κ1) is 50.1. The number of allylic oxidation sites excluding steroid dienone is 6. The molecular formula is C39H63F3N2O3. The van der Waals surface area contributed by atoms with E-state index in [9.17, 15) is 22.8 Å². The van der Waals surface area contributed by atoms with E-state index in [-0.39, 0.29) is 5.57 Å². The lowest BCUT2D eigenvalue weighted by atomic mass is 9.89. The second kappa shape index (κ2) is 29.7. The number of hydrogen-bond donors (Lipinski definition) is 2. The molecule has 5 nitrogen and oxygen atoms in total. The lowest BCUT2D eigenvalue weighted by Gasteiger charge is -2.17. The summed E-state index contributed by atoms with van der Waals surface area (Å²) >= 11 is 0. The summed E-state index contributed by atoms with van der Waals surface area (Å²) < 4.78 is 44.5. The molecule has 0 radical (unpaired) electrons. The molecule has 0 aromatic heterocycles. The Balaban J connectivity index is -0.000000397. The van der Waals surface area contributed by atoms with Crippen molar-refractivity contribution in [3.63, 3.8) is 0 Å². The van der Waals surface area contributed by atoms with Crippen LogP contribution in [0.1, 0.15) is 113 Å². The Hall–Kier alpha value is -3.73. The molecule has 2 amide bonds. The highest BCUT2D eigenvalue weighted by atomic mass is 19.4. The number of halogens is 3. The quantitative estimate of drug-likeness (QED) is 0.0768. The van der Waals surface area contributed by atoms with Gasteiger partial charge in [-0.15, -0.1) is 18.9 Å². The second-order valence-electron chi connectivity index (χ2n) is 11.5. The number of unbranched alkanes of at least 4 members (excludes halogenated alkanes) is 1. The molecule has 47 heavy (non-hydrogen) atoms. The highest BCUT2D eigenvalue weighted by molar-refractivity contribution is 6.04. The van der Waals surface area contributed by atoms with Crippen molar-refractivity contribution < 1.29 is 27.5 Å². The number of ether oxygens (including phenoxy) is 1. The number of benzene rings is 1. The van der Waals surface area contributed by atoms with Crippen molar-refractivity contribution in [2.45, 2.75) is 122 Å². The summed E-state index contributed by atoms with van der Waals surface area (Å²) in [6.07, 6.45) is 9.00. The SMILES string of the molecule is C#CC.C=C(C)CCC(C)(C)C.CC.CCC/C=C(/C=C\C=C(/C)C(=O)Nc1cc(C)c(C)cc1OCC)C(F)(F)F.CCNC=O. The fourth-order valence-electron chi connectivity index (χ4n) is 3.00. The fourth-order valence-corrected chi connectivity index (χ4v) is 3.00. The van der Waals surface area contributed by atoms with Crippen molar-refractivity contribution in [3.8, 4) is 18.1 Å². The minimum absolute atomic E-state index is 0.286. The first-order valence-corrected chi connectivity index (χ1v) is 16.2. The highest BCUT2D eigenvalue weighted by Gasteiger charge is 2.31. The zero-order valence-electron chi connectivity index (χ0n) is 31.4. The minimum Gasteiger partial charge on any atom is -0.492 e. The average Bonchev–Trinajstić information content (AvgIpc) is 2.98. The summed E-state index contributed by atoms with van der Waals surface area (Å²) in [6.45, 7) is 30.5. The van der Waals surface area contributed by atoms with Crippen LogP contribution in [-0.4, -0.2) is 31.6 Å². The zero-order chi connectivity index (χ0) is 37.6. The van der Waals surface area contributed by atoms with Crippen LogP contribution in [0.5, 0.6) is 5.75 Å². The Morgan fingerprint density at radius 1 is 1.06 bits per heavy atom. The Labute approximate surface area is 285 Å². The monoisotopic (exact) mass is 664 g/mol. The van der Waals surface area contributed by atoms with Crippen LogP contribution in [0.4, 0.5) is 18.9 Å². The van der Waals surface area contributed by atoms with Crippen molar-refractivity contribution in [2.75, 3.05) is 18.5 Å². The van der Waals surface area contributed by atoms with Gasteiger partial charge in [-0.2, -0.15) is 13.2 Å². The maximum Gasteiger partial charge on any atom is 0.416 e. The van der Waals surface area contributed by atoms with Gasteiger partial charge in [-0.3, -0.25) is 9.59 Å². The number of terminal acetylenes is 1. The molecule has 268 valence electrons. The van der Waals surface area contributed by atoms with Crippen LogP contribution in [0.15, 0.2) is 59.7 Å². The van der Waals surface area contributed by atoms with E-state index in [4.69, 9.17) is 4.74 Å². The number of amides is 2. The lowest BCUT2D eigenvalue weighted by Crippen LogP contribution is -2.14. The van der Waals surface area contributed by atoms with Gasteiger partial charge < -0.3 is 15.4 Å². The predicted molar refractivity (Wildman–Crippen MR) is 197 cm³/mol. The molecule has 8 heteroatoms. The number of hydrogen-bond acceptors (Lipinski definition) is 3. The van der Waals surface area contributed by atoms with Crippen LogP contribution in [0.25, 0.3) is 0 Å².